The third-order valence-corrected chi connectivity index (χ3v) is 6.75. The van der Waals surface area contributed by atoms with E-state index in [-0.39, 0.29) is 29.9 Å². The van der Waals surface area contributed by atoms with E-state index in [0.29, 0.717) is 24.5 Å². The van der Waals surface area contributed by atoms with Gasteiger partial charge in [-0.05, 0) is 51.3 Å². The second-order valence-corrected chi connectivity index (χ2v) is 10.6. The molecule has 8 nitrogen and oxygen atoms in total. The number of fused-ring (bicyclic) bond motifs is 1. The van der Waals surface area contributed by atoms with Crippen LogP contribution in [0.2, 0.25) is 0 Å². The molecular weight excluding hydrogens is 464 g/mol. The molecule has 1 saturated heterocycles. The minimum absolute atomic E-state index is 0.0779. The van der Waals surface area contributed by atoms with Gasteiger partial charge in [-0.1, -0.05) is 29.8 Å². The summed E-state index contributed by atoms with van der Waals surface area (Å²) in [5, 5.41) is 8.27. The lowest BCUT2D eigenvalue weighted by Crippen LogP contribution is -2.59. The van der Waals surface area contributed by atoms with Crippen molar-refractivity contribution >= 4 is 39.5 Å². The number of benzene rings is 1. The van der Waals surface area contributed by atoms with Gasteiger partial charge in [0.1, 0.15) is 29.8 Å². The SMILES string of the molecule is C[C@H](C(N)=O)N1C(=N)COc2cc(Br)c([C@@H](C)C3(C)CN(C(=O)OC(C)(C)C)C3)cc21. The van der Waals surface area contributed by atoms with Crippen LogP contribution in [0.5, 0.6) is 5.75 Å². The molecule has 2 heterocycles. The summed E-state index contributed by atoms with van der Waals surface area (Å²) in [6, 6.07) is 3.17. The summed E-state index contributed by atoms with van der Waals surface area (Å²) in [5.74, 6) is 0.369. The molecule has 2 atom stereocenters. The van der Waals surface area contributed by atoms with Crippen LogP contribution in [-0.2, 0) is 9.53 Å². The molecule has 0 aromatic heterocycles. The third kappa shape index (κ3) is 4.51. The standard InChI is InChI=1S/C22H31BrN4O4/c1-12(22(6)10-26(11-22)20(29)31-21(3,4)5)14-7-16-17(8-15(14)23)30-9-18(24)27(16)13(2)19(25)28/h7-8,12-13,24H,9-11H2,1-6H3,(H2,25,28)/t12-,13-/m1/s1. The molecular formula is C22H31BrN4O4. The monoisotopic (exact) mass is 494 g/mol. The number of halogens is 1. The zero-order chi connectivity index (χ0) is 23.3. The predicted molar refractivity (Wildman–Crippen MR) is 123 cm³/mol. The average Bonchev–Trinajstić information content (AvgIpc) is 2.62. The molecule has 1 fully saturated rings. The second-order valence-electron chi connectivity index (χ2n) is 9.74. The summed E-state index contributed by atoms with van der Waals surface area (Å²) in [7, 11) is 0. The van der Waals surface area contributed by atoms with Crippen molar-refractivity contribution in [1.29, 1.82) is 5.41 Å². The van der Waals surface area contributed by atoms with Crippen molar-refractivity contribution in [1.82, 2.24) is 4.90 Å². The number of hydrogen-bond donors (Lipinski definition) is 2. The summed E-state index contributed by atoms with van der Waals surface area (Å²) in [6.07, 6.45) is -0.301. The number of primary amides is 1. The molecule has 0 aliphatic carbocycles. The van der Waals surface area contributed by atoms with Crippen molar-refractivity contribution in [3.05, 3.63) is 22.2 Å². The molecule has 0 saturated carbocycles. The van der Waals surface area contributed by atoms with Crippen molar-refractivity contribution in [3.63, 3.8) is 0 Å². The van der Waals surface area contributed by atoms with E-state index in [1.807, 2.05) is 32.9 Å². The van der Waals surface area contributed by atoms with Gasteiger partial charge in [0.15, 0.2) is 0 Å². The molecule has 0 radical (unpaired) electrons. The van der Waals surface area contributed by atoms with Crippen molar-refractivity contribution < 1.29 is 19.1 Å². The molecule has 1 aromatic rings. The fourth-order valence-electron chi connectivity index (χ4n) is 4.06. The molecule has 2 amide bonds. The van der Waals surface area contributed by atoms with Crippen LogP contribution in [-0.4, -0.2) is 54.1 Å². The van der Waals surface area contributed by atoms with Gasteiger partial charge in [0.2, 0.25) is 5.91 Å². The molecule has 2 aliphatic rings. The zero-order valence-electron chi connectivity index (χ0n) is 18.9. The largest absolute Gasteiger partial charge is 0.483 e. The van der Waals surface area contributed by atoms with E-state index in [1.165, 1.54) is 0 Å². The molecule has 3 N–H and O–H groups in total. The van der Waals surface area contributed by atoms with Crippen molar-refractivity contribution in [2.45, 2.75) is 59.1 Å². The van der Waals surface area contributed by atoms with Crippen LogP contribution in [0.1, 0.15) is 53.0 Å². The number of ether oxygens (including phenoxy) is 2. The number of nitrogens with one attached hydrogen (secondary N) is 1. The smallest absolute Gasteiger partial charge is 0.410 e. The van der Waals surface area contributed by atoms with Crippen LogP contribution in [0.25, 0.3) is 0 Å². The summed E-state index contributed by atoms with van der Waals surface area (Å²) in [5.41, 5.74) is 6.53. The molecule has 9 heteroatoms. The molecule has 2 aliphatic heterocycles. The highest BCUT2D eigenvalue weighted by Crippen LogP contribution is 2.48. The number of likely N-dealkylation sites (tertiary alicyclic amines) is 1. The predicted octanol–water partition coefficient (Wildman–Crippen LogP) is 3.86. The van der Waals surface area contributed by atoms with E-state index in [4.69, 9.17) is 20.6 Å². The number of nitrogens with two attached hydrogens (primary N) is 1. The highest BCUT2D eigenvalue weighted by Gasteiger charge is 2.47. The minimum atomic E-state index is -0.665. The van der Waals surface area contributed by atoms with Gasteiger partial charge in [0.25, 0.3) is 0 Å². The Kier molecular flexibility index (Phi) is 6.03. The van der Waals surface area contributed by atoms with Gasteiger partial charge >= 0.3 is 6.09 Å². The Morgan fingerprint density at radius 2 is 1.90 bits per heavy atom. The zero-order valence-corrected chi connectivity index (χ0v) is 20.5. The quantitative estimate of drug-likeness (QED) is 0.660. The number of anilines is 1. The molecule has 0 unspecified atom stereocenters. The first-order valence-electron chi connectivity index (χ1n) is 10.3. The van der Waals surface area contributed by atoms with Crippen LogP contribution < -0.4 is 15.4 Å². The lowest BCUT2D eigenvalue weighted by atomic mass is 9.69. The molecule has 3 rings (SSSR count). The average molecular weight is 495 g/mol. The minimum Gasteiger partial charge on any atom is -0.483 e. The highest BCUT2D eigenvalue weighted by molar-refractivity contribution is 9.10. The maximum atomic E-state index is 12.4. The molecule has 0 bridgehead atoms. The number of amides is 2. The first-order chi connectivity index (χ1) is 14.2. The van der Waals surface area contributed by atoms with Gasteiger partial charge in [0.05, 0.1) is 5.69 Å². The normalized spacial score (nSPS) is 19.6. The lowest BCUT2D eigenvalue weighted by molar-refractivity contribution is -0.118. The van der Waals surface area contributed by atoms with E-state index >= 15 is 0 Å². The highest BCUT2D eigenvalue weighted by atomic mass is 79.9. The summed E-state index contributed by atoms with van der Waals surface area (Å²) in [4.78, 5) is 27.5. The van der Waals surface area contributed by atoms with Crippen molar-refractivity contribution in [3.8, 4) is 5.75 Å². The van der Waals surface area contributed by atoms with Crippen molar-refractivity contribution in [2.24, 2.45) is 11.1 Å². The fraction of sp³-hybridized carbons (Fsp3) is 0.591. The number of amidine groups is 1. The summed E-state index contributed by atoms with van der Waals surface area (Å²) < 4.78 is 12.1. The molecule has 31 heavy (non-hydrogen) atoms. The van der Waals surface area contributed by atoms with Gasteiger partial charge in [-0.3, -0.25) is 10.2 Å². The van der Waals surface area contributed by atoms with Crippen LogP contribution >= 0.6 is 15.9 Å². The Hall–Kier alpha value is -2.29. The van der Waals surface area contributed by atoms with Gasteiger partial charge in [0, 0.05) is 23.0 Å². The van der Waals surface area contributed by atoms with Gasteiger partial charge in [-0.2, -0.15) is 0 Å². The third-order valence-electron chi connectivity index (χ3n) is 6.06. The number of rotatable bonds is 4. The van der Waals surface area contributed by atoms with E-state index in [2.05, 4.69) is 29.8 Å². The van der Waals surface area contributed by atoms with E-state index in [1.54, 1.807) is 16.7 Å². The van der Waals surface area contributed by atoms with Gasteiger partial charge in [-0.25, -0.2) is 4.79 Å². The Morgan fingerprint density at radius 3 is 2.45 bits per heavy atom. The maximum absolute atomic E-state index is 12.4. The lowest BCUT2D eigenvalue weighted by Gasteiger charge is -2.51. The van der Waals surface area contributed by atoms with Crippen molar-refractivity contribution in [2.75, 3.05) is 24.6 Å². The summed E-state index contributed by atoms with van der Waals surface area (Å²) in [6.45, 7) is 12.8. The number of carbonyl (C=O) groups excluding carboxylic acids is 2. The van der Waals surface area contributed by atoms with Crippen LogP contribution in [0.3, 0.4) is 0 Å². The number of hydrogen-bond acceptors (Lipinski definition) is 5. The Bertz CT molecular complexity index is 921. The summed E-state index contributed by atoms with van der Waals surface area (Å²) >= 11 is 3.66. The first kappa shape index (κ1) is 23.4. The second kappa shape index (κ2) is 8.00. The van der Waals surface area contributed by atoms with Crippen LogP contribution in [0, 0.1) is 10.8 Å². The molecule has 1 aromatic carbocycles. The number of carbonyl (C=O) groups is 2. The van der Waals surface area contributed by atoms with E-state index < -0.39 is 17.6 Å². The van der Waals surface area contributed by atoms with E-state index in [9.17, 15) is 9.59 Å². The van der Waals surface area contributed by atoms with Crippen LogP contribution in [0.4, 0.5) is 10.5 Å². The number of nitrogens with zero attached hydrogens (tertiary/aromatic N) is 2. The fourth-order valence-corrected chi connectivity index (χ4v) is 4.72. The van der Waals surface area contributed by atoms with E-state index in [0.717, 1.165) is 10.0 Å². The van der Waals surface area contributed by atoms with Gasteiger partial charge < -0.3 is 25.0 Å². The maximum Gasteiger partial charge on any atom is 0.410 e. The Morgan fingerprint density at radius 1 is 1.29 bits per heavy atom. The Balaban J connectivity index is 1.86. The molecule has 0 spiro atoms. The Labute approximate surface area is 191 Å². The van der Waals surface area contributed by atoms with Crippen LogP contribution in [0.15, 0.2) is 16.6 Å². The molecule has 170 valence electrons. The van der Waals surface area contributed by atoms with Gasteiger partial charge in [-0.15, -0.1) is 0 Å². The first-order valence-corrected chi connectivity index (χ1v) is 11.1. The topological polar surface area (TPSA) is 109 Å².